The Balaban J connectivity index is 2.48. The van der Waals surface area contributed by atoms with Crippen molar-refractivity contribution >= 4 is 5.78 Å². The maximum Gasteiger partial charge on any atom is 0.202 e. The summed E-state index contributed by atoms with van der Waals surface area (Å²) in [4.78, 5) is 11.5. The van der Waals surface area contributed by atoms with Crippen LogP contribution in [0.1, 0.15) is 23.8 Å². The fraction of sp³-hybridized carbons (Fsp3) is 0.300. The average molecular weight is 161 g/mol. The summed E-state index contributed by atoms with van der Waals surface area (Å²) in [5, 5.41) is 0. The second-order valence-electron chi connectivity index (χ2n) is 3.19. The molecule has 0 saturated heterocycles. The van der Waals surface area contributed by atoms with Gasteiger partial charge in [-0.15, -0.1) is 0 Å². The number of aromatic nitrogens is 1. The molecule has 0 N–H and O–H groups in total. The van der Waals surface area contributed by atoms with Crippen LogP contribution < -0.4 is 0 Å². The number of fused-ring (bicyclic) bond motifs is 1. The smallest absolute Gasteiger partial charge is 0.202 e. The van der Waals surface area contributed by atoms with Gasteiger partial charge in [0.25, 0.3) is 0 Å². The molecule has 0 aliphatic carbocycles. The van der Waals surface area contributed by atoms with E-state index in [0.29, 0.717) is 0 Å². The first-order chi connectivity index (χ1) is 5.77. The molecule has 0 amide bonds. The molecular formula is C10H11NO. The van der Waals surface area contributed by atoms with Crippen LogP contribution in [0.15, 0.2) is 30.0 Å². The summed E-state index contributed by atoms with van der Waals surface area (Å²) < 4.78 is 2.01. The van der Waals surface area contributed by atoms with Gasteiger partial charge in [-0.3, -0.25) is 4.79 Å². The van der Waals surface area contributed by atoms with Crippen LogP contribution >= 0.6 is 0 Å². The van der Waals surface area contributed by atoms with Crippen LogP contribution in [0, 0.1) is 0 Å². The molecule has 1 aliphatic heterocycles. The number of carbonyl (C=O) groups is 1. The minimum atomic E-state index is 0.134. The predicted molar refractivity (Wildman–Crippen MR) is 47.1 cm³/mol. The Hall–Kier alpha value is -1.31. The average Bonchev–Trinajstić information content (AvgIpc) is 2.43. The molecule has 0 atom stereocenters. The third-order valence-electron chi connectivity index (χ3n) is 2.21. The SMILES string of the molecule is CC1=CC(=O)c2cccn2CC1. The Morgan fingerprint density at radius 2 is 2.33 bits per heavy atom. The third-order valence-corrected chi connectivity index (χ3v) is 2.21. The van der Waals surface area contributed by atoms with Crippen LogP contribution in [0.2, 0.25) is 0 Å². The van der Waals surface area contributed by atoms with E-state index >= 15 is 0 Å². The van der Waals surface area contributed by atoms with E-state index in [4.69, 9.17) is 0 Å². The van der Waals surface area contributed by atoms with Gasteiger partial charge >= 0.3 is 0 Å². The summed E-state index contributed by atoms with van der Waals surface area (Å²) in [5.74, 6) is 0.134. The second kappa shape index (κ2) is 2.63. The standard InChI is InChI=1S/C10H11NO/c1-8-4-6-11-5-2-3-9(11)10(12)7-8/h2-3,5,7H,4,6H2,1H3. The molecular weight excluding hydrogens is 150 g/mol. The van der Waals surface area contributed by atoms with Gasteiger partial charge < -0.3 is 4.57 Å². The molecule has 0 radical (unpaired) electrons. The van der Waals surface area contributed by atoms with E-state index in [1.807, 2.05) is 29.8 Å². The molecule has 62 valence electrons. The number of hydrogen-bond donors (Lipinski definition) is 0. The van der Waals surface area contributed by atoms with Crippen molar-refractivity contribution in [2.45, 2.75) is 19.9 Å². The molecule has 2 heteroatoms. The maximum atomic E-state index is 11.5. The highest BCUT2D eigenvalue weighted by atomic mass is 16.1. The topological polar surface area (TPSA) is 22.0 Å². The van der Waals surface area contributed by atoms with Gasteiger partial charge in [0.05, 0.1) is 5.69 Å². The molecule has 0 bridgehead atoms. The van der Waals surface area contributed by atoms with Crippen molar-refractivity contribution in [3.05, 3.63) is 35.7 Å². The minimum absolute atomic E-state index is 0.134. The second-order valence-corrected chi connectivity index (χ2v) is 3.19. The van der Waals surface area contributed by atoms with E-state index in [0.717, 1.165) is 18.7 Å². The van der Waals surface area contributed by atoms with E-state index in [9.17, 15) is 4.79 Å². The normalized spacial score (nSPS) is 16.8. The number of ketones is 1. The van der Waals surface area contributed by atoms with E-state index < -0.39 is 0 Å². The first-order valence-corrected chi connectivity index (χ1v) is 4.14. The first kappa shape index (κ1) is 7.35. The highest BCUT2D eigenvalue weighted by Gasteiger charge is 2.11. The summed E-state index contributed by atoms with van der Waals surface area (Å²) in [6, 6.07) is 3.79. The molecule has 2 rings (SSSR count). The highest BCUT2D eigenvalue weighted by Crippen LogP contribution is 2.14. The van der Waals surface area contributed by atoms with Crippen molar-refractivity contribution in [1.29, 1.82) is 0 Å². The number of carbonyl (C=O) groups excluding carboxylic acids is 1. The predicted octanol–water partition coefficient (Wildman–Crippen LogP) is 2.02. The quantitative estimate of drug-likeness (QED) is 0.570. The highest BCUT2D eigenvalue weighted by molar-refractivity contribution is 6.04. The van der Waals surface area contributed by atoms with Crippen molar-refractivity contribution < 1.29 is 4.79 Å². The Morgan fingerprint density at radius 1 is 1.50 bits per heavy atom. The lowest BCUT2D eigenvalue weighted by Gasteiger charge is -2.01. The van der Waals surface area contributed by atoms with Gasteiger partial charge in [-0.1, -0.05) is 5.57 Å². The van der Waals surface area contributed by atoms with Crippen molar-refractivity contribution in [1.82, 2.24) is 4.57 Å². The van der Waals surface area contributed by atoms with Crippen molar-refractivity contribution in [2.75, 3.05) is 0 Å². The number of aryl methyl sites for hydroxylation is 1. The lowest BCUT2D eigenvalue weighted by atomic mass is 10.2. The van der Waals surface area contributed by atoms with Crippen LogP contribution in [-0.2, 0) is 6.54 Å². The molecule has 0 spiro atoms. The van der Waals surface area contributed by atoms with E-state index in [1.165, 1.54) is 5.57 Å². The van der Waals surface area contributed by atoms with Gasteiger partial charge in [-0.25, -0.2) is 0 Å². The summed E-state index contributed by atoms with van der Waals surface area (Å²) in [6.07, 6.45) is 4.67. The van der Waals surface area contributed by atoms with Gasteiger partial charge in [0.1, 0.15) is 0 Å². The number of allylic oxidation sites excluding steroid dienone is 2. The number of nitrogens with zero attached hydrogens (tertiary/aromatic N) is 1. The summed E-state index contributed by atoms with van der Waals surface area (Å²) in [7, 11) is 0. The van der Waals surface area contributed by atoms with Gasteiger partial charge in [-0.05, 0) is 31.6 Å². The van der Waals surface area contributed by atoms with Gasteiger partial charge in [0.2, 0.25) is 5.78 Å². The molecule has 2 heterocycles. The summed E-state index contributed by atoms with van der Waals surface area (Å²) in [6.45, 7) is 2.93. The summed E-state index contributed by atoms with van der Waals surface area (Å²) in [5.41, 5.74) is 1.98. The Bertz CT molecular complexity index is 346. The van der Waals surface area contributed by atoms with E-state index in [-0.39, 0.29) is 5.78 Å². The first-order valence-electron chi connectivity index (χ1n) is 4.14. The van der Waals surface area contributed by atoms with Gasteiger partial charge in [0.15, 0.2) is 0 Å². The monoisotopic (exact) mass is 161 g/mol. The molecule has 1 aromatic rings. The minimum Gasteiger partial charge on any atom is -0.345 e. The van der Waals surface area contributed by atoms with Gasteiger partial charge in [0, 0.05) is 12.7 Å². The molecule has 1 aliphatic rings. The molecule has 0 fully saturated rings. The van der Waals surface area contributed by atoms with Crippen LogP contribution in [0.25, 0.3) is 0 Å². The van der Waals surface area contributed by atoms with E-state index in [1.54, 1.807) is 6.08 Å². The molecule has 12 heavy (non-hydrogen) atoms. The maximum absolute atomic E-state index is 11.5. The fourth-order valence-electron chi connectivity index (χ4n) is 1.50. The summed E-state index contributed by atoms with van der Waals surface area (Å²) >= 11 is 0. The zero-order valence-corrected chi connectivity index (χ0v) is 7.08. The zero-order chi connectivity index (χ0) is 8.55. The third kappa shape index (κ3) is 1.09. The van der Waals surface area contributed by atoms with Crippen molar-refractivity contribution in [2.24, 2.45) is 0 Å². The van der Waals surface area contributed by atoms with Crippen LogP contribution in [0.5, 0.6) is 0 Å². The lowest BCUT2D eigenvalue weighted by Crippen LogP contribution is -2.02. The Morgan fingerprint density at radius 3 is 3.17 bits per heavy atom. The van der Waals surface area contributed by atoms with Crippen LogP contribution in [0.4, 0.5) is 0 Å². The lowest BCUT2D eigenvalue weighted by molar-refractivity contribution is 0.103. The zero-order valence-electron chi connectivity index (χ0n) is 7.08. The van der Waals surface area contributed by atoms with Gasteiger partial charge in [-0.2, -0.15) is 0 Å². The van der Waals surface area contributed by atoms with Crippen LogP contribution in [-0.4, -0.2) is 10.4 Å². The van der Waals surface area contributed by atoms with Crippen LogP contribution in [0.3, 0.4) is 0 Å². The Labute approximate surface area is 71.5 Å². The molecule has 2 nitrogen and oxygen atoms in total. The largest absolute Gasteiger partial charge is 0.345 e. The number of hydrogen-bond acceptors (Lipinski definition) is 1. The molecule has 0 saturated carbocycles. The van der Waals surface area contributed by atoms with Crippen molar-refractivity contribution in [3.63, 3.8) is 0 Å². The fourth-order valence-corrected chi connectivity index (χ4v) is 1.50. The van der Waals surface area contributed by atoms with E-state index in [2.05, 4.69) is 0 Å². The van der Waals surface area contributed by atoms with Crippen molar-refractivity contribution in [3.8, 4) is 0 Å². The molecule has 0 aromatic carbocycles. The molecule has 0 unspecified atom stereocenters. The molecule has 1 aromatic heterocycles. The number of rotatable bonds is 0. The Kier molecular flexibility index (Phi) is 1.61.